The lowest BCUT2D eigenvalue weighted by Gasteiger charge is -2.23. The minimum atomic E-state index is 0.218. The number of thiazole rings is 1. The molecule has 1 aromatic rings. The molecular weight excluding hydrogens is 220 g/mol. The molecule has 16 heavy (non-hydrogen) atoms. The Kier molecular flexibility index (Phi) is 4.89. The number of aliphatic hydroxyl groups is 1. The van der Waals surface area contributed by atoms with E-state index in [0.717, 1.165) is 10.7 Å². The van der Waals surface area contributed by atoms with E-state index in [4.69, 9.17) is 5.11 Å². The molecule has 0 aliphatic carbocycles. The zero-order valence-corrected chi connectivity index (χ0v) is 11.6. The summed E-state index contributed by atoms with van der Waals surface area (Å²) in [7, 11) is 0. The molecule has 0 spiro atoms. The Morgan fingerprint density at radius 2 is 1.94 bits per heavy atom. The van der Waals surface area contributed by atoms with Crippen LogP contribution in [0.3, 0.4) is 0 Å². The Labute approximate surface area is 102 Å². The van der Waals surface area contributed by atoms with Crippen LogP contribution in [0.4, 0.5) is 0 Å². The van der Waals surface area contributed by atoms with Gasteiger partial charge in [-0.2, -0.15) is 0 Å². The van der Waals surface area contributed by atoms with Gasteiger partial charge < -0.3 is 10.4 Å². The third-order valence-electron chi connectivity index (χ3n) is 3.00. The Bertz CT molecular complexity index is 338. The van der Waals surface area contributed by atoms with Crippen LogP contribution in [0.2, 0.25) is 0 Å². The van der Waals surface area contributed by atoms with Gasteiger partial charge in [0, 0.05) is 23.6 Å². The van der Waals surface area contributed by atoms with Crippen molar-refractivity contribution in [3.05, 3.63) is 15.6 Å². The van der Waals surface area contributed by atoms with Crippen LogP contribution in [-0.2, 0) is 0 Å². The number of aromatic nitrogens is 1. The summed E-state index contributed by atoms with van der Waals surface area (Å²) in [6.45, 7) is 10.6. The summed E-state index contributed by atoms with van der Waals surface area (Å²) in [4.78, 5) is 5.82. The predicted octanol–water partition coefficient (Wildman–Crippen LogP) is 2.43. The molecule has 1 aromatic heterocycles. The first-order valence-electron chi connectivity index (χ1n) is 5.76. The van der Waals surface area contributed by atoms with Gasteiger partial charge in [0.25, 0.3) is 0 Å². The zero-order valence-electron chi connectivity index (χ0n) is 10.7. The molecule has 4 heteroatoms. The standard InChI is InChI=1S/C12H22N2OS/c1-7(6-15)8(2)13-9(3)12-10(4)16-11(5)14-12/h7-9,13,15H,6H2,1-5H3. The number of nitrogens with zero attached hydrogens (tertiary/aromatic N) is 1. The summed E-state index contributed by atoms with van der Waals surface area (Å²) in [6, 6.07) is 0.537. The van der Waals surface area contributed by atoms with E-state index in [1.165, 1.54) is 4.88 Å². The molecule has 0 aliphatic heterocycles. The van der Waals surface area contributed by atoms with E-state index in [0.29, 0.717) is 6.04 Å². The molecule has 3 unspecified atom stereocenters. The fourth-order valence-electron chi connectivity index (χ4n) is 1.74. The minimum Gasteiger partial charge on any atom is -0.396 e. The summed E-state index contributed by atoms with van der Waals surface area (Å²) in [5.74, 6) is 0.266. The van der Waals surface area contributed by atoms with Crippen LogP contribution in [0, 0.1) is 19.8 Å². The maximum Gasteiger partial charge on any atom is 0.0900 e. The lowest BCUT2D eigenvalue weighted by atomic mass is 10.0. The first-order valence-corrected chi connectivity index (χ1v) is 6.58. The maximum atomic E-state index is 9.09. The lowest BCUT2D eigenvalue weighted by molar-refractivity contribution is 0.202. The molecular formula is C12H22N2OS. The third-order valence-corrected chi connectivity index (χ3v) is 3.91. The van der Waals surface area contributed by atoms with E-state index in [1.807, 2.05) is 13.8 Å². The van der Waals surface area contributed by atoms with Gasteiger partial charge >= 0.3 is 0 Å². The SMILES string of the molecule is Cc1nc(C(C)NC(C)C(C)CO)c(C)s1. The van der Waals surface area contributed by atoms with Gasteiger partial charge in [-0.1, -0.05) is 6.92 Å². The molecule has 0 aliphatic rings. The van der Waals surface area contributed by atoms with E-state index in [9.17, 15) is 0 Å². The second kappa shape index (κ2) is 5.75. The van der Waals surface area contributed by atoms with Crippen LogP contribution < -0.4 is 5.32 Å². The molecule has 0 saturated carbocycles. The van der Waals surface area contributed by atoms with Crippen LogP contribution in [0.5, 0.6) is 0 Å². The second-order valence-electron chi connectivity index (χ2n) is 4.51. The van der Waals surface area contributed by atoms with E-state index >= 15 is 0 Å². The quantitative estimate of drug-likeness (QED) is 0.833. The largest absolute Gasteiger partial charge is 0.396 e. The number of aryl methyl sites for hydroxylation is 2. The van der Waals surface area contributed by atoms with Crippen LogP contribution in [0.15, 0.2) is 0 Å². The number of rotatable bonds is 5. The van der Waals surface area contributed by atoms with Gasteiger partial charge in [0.15, 0.2) is 0 Å². The molecule has 3 atom stereocenters. The summed E-state index contributed by atoms with van der Waals surface area (Å²) in [5.41, 5.74) is 1.14. The predicted molar refractivity (Wildman–Crippen MR) is 68.9 cm³/mol. The van der Waals surface area contributed by atoms with Crippen LogP contribution >= 0.6 is 11.3 Å². The highest BCUT2D eigenvalue weighted by Crippen LogP contribution is 2.23. The van der Waals surface area contributed by atoms with Gasteiger partial charge in [0.1, 0.15) is 0 Å². The molecule has 3 nitrogen and oxygen atoms in total. The Balaban J connectivity index is 2.65. The topological polar surface area (TPSA) is 45.2 Å². The van der Waals surface area contributed by atoms with Crippen molar-refractivity contribution in [2.75, 3.05) is 6.61 Å². The number of hydrogen-bond acceptors (Lipinski definition) is 4. The molecule has 0 aromatic carbocycles. The van der Waals surface area contributed by atoms with Crippen molar-refractivity contribution in [2.45, 2.75) is 46.7 Å². The molecule has 92 valence electrons. The summed E-state index contributed by atoms with van der Waals surface area (Å²) in [6.07, 6.45) is 0. The Hall–Kier alpha value is -0.450. The smallest absolute Gasteiger partial charge is 0.0900 e. The van der Waals surface area contributed by atoms with E-state index in [1.54, 1.807) is 11.3 Å². The Morgan fingerprint density at radius 3 is 2.38 bits per heavy atom. The van der Waals surface area contributed by atoms with Crippen molar-refractivity contribution in [2.24, 2.45) is 5.92 Å². The van der Waals surface area contributed by atoms with Crippen LogP contribution in [0.1, 0.15) is 42.4 Å². The van der Waals surface area contributed by atoms with Gasteiger partial charge in [0.2, 0.25) is 0 Å². The Morgan fingerprint density at radius 1 is 1.31 bits per heavy atom. The van der Waals surface area contributed by atoms with Crippen molar-refractivity contribution >= 4 is 11.3 Å². The molecule has 0 fully saturated rings. The fourth-order valence-corrected chi connectivity index (χ4v) is 2.66. The van der Waals surface area contributed by atoms with Gasteiger partial charge in [-0.3, -0.25) is 0 Å². The van der Waals surface area contributed by atoms with E-state index in [-0.39, 0.29) is 18.6 Å². The van der Waals surface area contributed by atoms with Crippen molar-refractivity contribution in [1.29, 1.82) is 0 Å². The highest BCUT2D eigenvalue weighted by atomic mass is 32.1. The van der Waals surface area contributed by atoms with Gasteiger partial charge in [0.05, 0.1) is 10.7 Å². The zero-order chi connectivity index (χ0) is 12.3. The molecule has 0 radical (unpaired) electrons. The molecule has 2 N–H and O–H groups in total. The summed E-state index contributed by atoms with van der Waals surface area (Å²) in [5, 5.41) is 13.7. The average molecular weight is 242 g/mol. The van der Waals surface area contributed by atoms with E-state index in [2.05, 4.69) is 31.1 Å². The van der Waals surface area contributed by atoms with Gasteiger partial charge in [-0.15, -0.1) is 11.3 Å². The third kappa shape index (κ3) is 3.27. The van der Waals surface area contributed by atoms with Crippen LogP contribution in [-0.4, -0.2) is 22.7 Å². The average Bonchev–Trinajstić information content (AvgIpc) is 2.56. The van der Waals surface area contributed by atoms with Crippen molar-refractivity contribution in [3.63, 3.8) is 0 Å². The fraction of sp³-hybridized carbons (Fsp3) is 0.750. The number of hydrogen-bond donors (Lipinski definition) is 2. The van der Waals surface area contributed by atoms with Crippen molar-refractivity contribution < 1.29 is 5.11 Å². The number of aliphatic hydroxyl groups excluding tert-OH is 1. The first kappa shape index (κ1) is 13.6. The van der Waals surface area contributed by atoms with Crippen molar-refractivity contribution in [3.8, 4) is 0 Å². The molecule has 1 rings (SSSR count). The summed E-state index contributed by atoms with van der Waals surface area (Å²) < 4.78 is 0. The van der Waals surface area contributed by atoms with E-state index < -0.39 is 0 Å². The molecule has 0 saturated heterocycles. The summed E-state index contributed by atoms with van der Waals surface area (Å²) >= 11 is 1.74. The normalized spacial score (nSPS) is 17.1. The first-order chi connectivity index (χ1) is 7.45. The van der Waals surface area contributed by atoms with Gasteiger partial charge in [-0.25, -0.2) is 4.98 Å². The number of nitrogens with one attached hydrogen (secondary N) is 1. The molecule has 0 amide bonds. The highest BCUT2D eigenvalue weighted by molar-refractivity contribution is 7.11. The molecule has 0 bridgehead atoms. The second-order valence-corrected chi connectivity index (χ2v) is 5.92. The maximum absolute atomic E-state index is 9.09. The lowest BCUT2D eigenvalue weighted by Crippen LogP contribution is -2.36. The minimum absolute atomic E-state index is 0.218. The van der Waals surface area contributed by atoms with Crippen LogP contribution in [0.25, 0.3) is 0 Å². The monoisotopic (exact) mass is 242 g/mol. The van der Waals surface area contributed by atoms with Crippen molar-refractivity contribution in [1.82, 2.24) is 10.3 Å². The van der Waals surface area contributed by atoms with Gasteiger partial charge in [-0.05, 0) is 33.6 Å². The highest BCUT2D eigenvalue weighted by Gasteiger charge is 2.18. The molecule has 1 heterocycles.